The van der Waals surface area contributed by atoms with E-state index in [9.17, 15) is 0 Å². The molecule has 1 aliphatic rings. The van der Waals surface area contributed by atoms with E-state index in [0.29, 0.717) is 0 Å². The van der Waals surface area contributed by atoms with Crippen LogP contribution in [-0.2, 0) is 0 Å². The van der Waals surface area contributed by atoms with Crippen molar-refractivity contribution in [2.24, 2.45) is 11.8 Å². The fourth-order valence-electron chi connectivity index (χ4n) is 3.07. The summed E-state index contributed by atoms with van der Waals surface area (Å²) in [6, 6.07) is 0.823. The minimum atomic E-state index is 0.823. The highest BCUT2D eigenvalue weighted by molar-refractivity contribution is 4.82. The Kier molecular flexibility index (Phi) is 6.31. The molecule has 0 aliphatic heterocycles. The molecule has 1 nitrogen and oxygen atoms in total. The zero-order valence-corrected chi connectivity index (χ0v) is 10.9. The zero-order chi connectivity index (χ0) is 11.1. The Bertz CT molecular complexity index is 149. The number of hydrogen-bond acceptors (Lipinski definition) is 1. The second-order valence-corrected chi connectivity index (χ2v) is 5.13. The summed E-state index contributed by atoms with van der Waals surface area (Å²) in [5, 5.41) is 3.69. The molecule has 2 unspecified atom stereocenters. The maximum atomic E-state index is 3.69. The molecule has 1 rings (SSSR count). The van der Waals surface area contributed by atoms with E-state index in [1.54, 1.807) is 0 Å². The molecule has 0 spiro atoms. The van der Waals surface area contributed by atoms with Gasteiger partial charge in [-0.1, -0.05) is 46.5 Å². The van der Waals surface area contributed by atoms with Crippen LogP contribution in [0, 0.1) is 11.8 Å². The van der Waals surface area contributed by atoms with Crippen molar-refractivity contribution in [3.63, 3.8) is 0 Å². The van der Waals surface area contributed by atoms with Gasteiger partial charge in [0.1, 0.15) is 0 Å². The number of rotatable bonds is 6. The van der Waals surface area contributed by atoms with Gasteiger partial charge >= 0.3 is 0 Å². The van der Waals surface area contributed by atoms with Crippen molar-refractivity contribution in [3.8, 4) is 0 Å². The highest BCUT2D eigenvalue weighted by Gasteiger charge is 2.25. The van der Waals surface area contributed by atoms with Gasteiger partial charge < -0.3 is 5.32 Å². The normalized spacial score (nSPS) is 27.2. The van der Waals surface area contributed by atoms with E-state index in [4.69, 9.17) is 0 Å². The summed E-state index contributed by atoms with van der Waals surface area (Å²) in [6.07, 6.45) is 9.99. The summed E-state index contributed by atoms with van der Waals surface area (Å²) < 4.78 is 0. The van der Waals surface area contributed by atoms with Gasteiger partial charge in [-0.05, 0) is 37.6 Å². The lowest BCUT2D eigenvalue weighted by Crippen LogP contribution is -2.39. The molecule has 1 heteroatoms. The van der Waals surface area contributed by atoms with Gasteiger partial charge in [0.25, 0.3) is 0 Å². The van der Waals surface area contributed by atoms with Crippen LogP contribution in [0.25, 0.3) is 0 Å². The molecule has 0 aromatic rings. The largest absolute Gasteiger partial charge is 0.314 e. The minimum absolute atomic E-state index is 0.823. The van der Waals surface area contributed by atoms with E-state index in [0.717, 1.165) is 24.4 Å². The molecule has 1 saturated carbocycles. The van der Waals surface area contributed by atoms with Gasteiger partial charge in [0, 0.05) is 6.04 Å². The van der Waals surface area contributed by atoms with Gasteiger partial charge in [0.05, 0.1) is 0 Å². The quantitative estimate of drug-likeness (QED) is 0.700. The van der Waals surface area contributed by atoms with Crippen molar-refractivity contribution in [2.75, 3.05) is 6.54 Å². The van der Waals surface area contributed by atoms with Crippen molar-refractivity contribution >= 4 is 0 Å². The molecule has 0 bridgehead atoms. The lowest BCUT2D eigenvalue weighted by molar-refractivity contribution is 0.216. The topological polar surface area (TPSA) is 12.0 Å². The molecular formula is C14H29N. The molecule has 15 heavy (non-hydrogen) atoms. The van der Waals surface area contributed by atoms with E-state index in [1.807, 2.05) is 0 Å². The Hall–Kier alpha value is -0.0400. The molecule has 0 saturated heterocycles. The first-order valence-electron chi connectivity index (χ1n) is 7.05. The lowest BCUT2D eigenvalue weighted by Gasteiger charge is -2.34. The van der Waals surface area contributed by atoms with Gasteiger partial charge in [-0.2, -0.15) is 0 Å². The van der Waals surface area contributed by atoms with E-state index in [1.165, 1.54) is 44.9 Å². The van der Waals surface area contributed by atoms with Gasteiger partial charge in [-0.15, -0.1) is 0 Å². The van der Waals surface area contributed by atoms with Crippen LogP contribution in [-0.4, -0.2) is 12.6 Å². The van der Waals surface area contributed by atoms with Crippen molar-refractivity contribution in [1.82, 2.24) is 5.32 Å². The highest BCUT2D eigenvalue weighted by Crippen LogP contribution is 2.31. The van der Waals surface area contributed by atoms with E-state index in [2.05, 4.69) is 26.1 Å². The third-order valence-electron chi connectivity index (χ3n) is 4.17. The summed E-state index contributed by atoms with van der Waals surface area (Å²) in [5.41, 5.74) is 0. The molecule has 0 radical (unpaired) electrons. The fourth-order valence-corrected chi connectivity index (χ4v) is 3.07. The predicted octanol–water partition coefficient (Wildman–Crippen LogP) is 3.98. The molecule has 2 atom stereocenters. The lowest BCUT2D eigenvalue weighted by atomic mass is 9.78. The van der Waals surface area contributed by atoms with E-state index >= 15 is 0 Å². The molecule has 1 aliphatic carbocycles. The first-order valence-corrected chi connectivity index (χ1v) is 7.05. The summed E-state index contributed by atoms with van der Waals surface area (Å²) in [6.45, 7) is 8.07. The summed E-state index contributed by atoms with van der Waals surface area (Å²) >= 11 is 0. The maximum absolute atomic E-state index is 3.69. The fraction of sp³-hybridized carbons (Fsp3) is 1.00. The Labute approximate surface area is 96.0 Å². The van der Waals surface area contributed by atoms with Crippen molar-refractivity contribution in [1.29, 1.82) is 0 Å². The molecule has 90 valence electrons. The predicted molar refractivity (Wildman–Crippen MR) is 68.1 cm³/mol. The Balaban J connectivity index is 2.40. The Morgan fingerprint density at radius 3 is 2.33 bits per heavy atom. The van der Waals surface area contributed by atoms with Crippen LogP contribution >= 0.6 is 0 Å². The monoisotopic (exact) mass is 211 g/mol. The smallest absolute Gasteiger partial charge is 0.00953 e. The maximum Gasteiger partial charge on any atom is 0.00953 e. The third kappa shape index (κ3) is 4.14. The summed E-state index contributed by atoms with van der Waals surface area (Å²) in [7, 11) is 0. The van der Waals surface area contributed by atoms with Crippen LogP contribution in [0.2, 0.25) is 0 Å². The van der Waals surface area contributed by atoms with E-state index < -0.39 is 0 Å². The van der Waals surface area contributed by atoms with Crippen LogP contribution in [0.15, 0.2) is 0 Å². The third-order valence-corrected chi connectivity index (χ3v) is 4.17. The van der Waals surface area contributed by atoms with Gasteiger partial charge in [0.15, 0.2) is 0 Å². The average Bonchev–Trinajstić information content (AvgIpc) is 2.28. The van der Waals surface area contributed by atoms with Crippen molar-refractivity contribution in [3.05, 3.63) is 0 Å². The summed E-state index contributed by atoms with van der Waals surface area (Å²) in [4.78, 5) is 0. The molecule has 0 amide bonds. The van der Waals surface area contributed by atoms with Crippen LogP contribution in [0.3, 0.4) is 0 Å². The minimum Gasteiger partial charge on any atom is -0.314 e. The average molecular weight is 211 g/mol. The Morgan fingerprint density at radius 2 is 1.73 bits per heavy atom. The van der Waals surface area contributed by atoms with Crippen molar-refractivity contribution < 1.29 is 0 Å². The highest BCUT2D eigenvalue weighted by atomic mass is 14.9. The standard InChI is InChI=1S/C14H29N/c1-4-12(5-2)11-13-9-7-8-10-14(13)15-6-3/h12-15H,4-11H2,1-3H3. The van der Waals surface area contributed by atoms with Gasteiger partial charge in [-0.25, -0.2) is 0 Å². The molecule has 1 N–H and O–H groups in total. The number of nitrogens with one attached hydrogen (secondary N) is 1. The zero-order valence-electron chi connectivity index (χ0n) is 10.9. The first kappa shape index (κ1) is 13.0. The van der Waals surface area contributed by atoms with Crippen LogP contribution in [0.5, 0.6) is 0 Å². The first-order chi connectivity index (χ1) is 7.31. The molecular weight excluding hydrogens is 182 g/mol. The molecule has 0 aromatic carbocycles. The number of hydrogen-bond donors (Lipinski definition) is 1. The van der Waals surface area contributed by atoms with Gasteiger partial charge in [0.2, 0.25) is 0 Å². The summed E-state index contributed by atoms with van der Waals surface area (Å²) in [5.74, 6) is 1.93. The SMILES string of the molecule is CCNC1CCCCC1CC(CC)CC. The van der Waals surface area contributed by atoms with Crippen LogP contribution in [0.1, 0.15) is 65.7 Å². The molecule has 0 aromatic heterocycles. The van der Waals surface area contributed by atoms with Crippen LogP contribution in [0.4, 0.5) is 0 Å². The second-order valence-electron chi connectivity index (χ2n) is 5.13. The van der Waals surface area contributed by atoms with E-state index in [-0.39, 0.29) is 0 Å². The molecule has 0 heterocycles. The van der Waals surface area contributed by atoms with Crippen molar-refractivity contribution in [2.45, 2.75) is 71.8 Å². The van der Waals surface area contributed by atoms with Crippen LogP contribution < -0.4 is 5.32 Å². The molecule has 1 fully saturated rings. The second kappa shape index (κ2) is 7.27. The Morgan fingerprint density at radius 1 is 1.07 bits per heavy atom. The van der Waals surface area contributed by atoms with Gasteiger partial charge in [-0.3, -0.25) is 0 Å².